The van der Waals surface area contributed by atoms with Gasteiger partial charge in [0.05, 0.1) is 30.9 Å². The fourth-order valence-corrected chi connectivity index (χ4v) is 3.99. The number of amides is 1. The summed E-state index contributed by atoms with van der Waals surface area (Å²) in [5.41, 5.74) is 2.05. The summed E-state index contributed by atoms with van der Waals surface area (Å²) < 4.78 is 11.8. The first-order valence-corrected chi connectivity index (χ1v) is 8.58. The molecule has 2 heterocycles. The van der Waals surface area contributed by atoms with Gasteiger partial charge in [0.1, 0.15) is 5.69 Å². The Kier molecular flexibility index (Phi) is 4.57. The van der Waals surface area contributed by atoms with E-state index in [0.29, 0.717) is 31.3 Å². The topological polar surface area (TPSA) is 51.7 Å². The molecule has 21 heavy (non-hydrogen) atoms. The van der Waals surface area contributed by atoms with Gasteiger partial charge < -0.3 is 14.4 Å². The van der Waals surface area contributed by atoms with E-state index in [4.69, 9.17) is 9.47 Å². The van der Waals surface area contributed by atoms with E-state index < -0.39 is 0 Å². The fraction of sp³-hybridized carbons (Fsp3) is 0.733. The number of morpholine rings is 1. The molecule has 5 nitrogen and oxygen atoms in total. The van der Waals surface area contributed by atoms with Crippen LogP contribution in [0.15, 0.2) is 10.9 Å². The third kappa shape index (κ3) is 2.98. The predicted molar refractivity (Wildman–Crippen MR) is 80.5 cm³/mol. The highest BCUT2D eigenvalue weighted by molar-refractivity contribution is 7.07. The standard InChI is InChI=1S/C15H22N2O3S/c1-2-19-8-12-4-3-5-15(12)10-17(6-7-20-15)14(18)13-9-21-11-16-13/h9,11-12H,2-8,10H2,1H3/t12-,15-/m0/s1. The molecule has 0 N–H and O–H groups in total. The highest BCUT2D eigenvalue weighted by Gasteiger charge is 2.48. The minimum Gasteiger partial charge on any atom is -0.381 e. The normalized spacial score (nSPS) is 29.2. The lowest BCUT2D eigenvalue weighted by atomic mass is 9.89. The molecule has 1 aliphatic heterocycles. The zero-order valence-electron chi connectivity index (χ0n) is 12.4. The molecule has 1 aromatic rings. The molecule has 2 atom stereocenters. The monoisotopic (exact) mass is 310 g/mol. The molecule has 1 saturated heterocycles. The van der Waals surface area contributed by atoms with E-state index >= 15 is 0 Å². The minimum absolute atomic E-state index is 0.0287. The average molecular weight is 310 g/mol. The van der Waals surface area contributed by atoms with Gasteiger partial charge in [-0.1, -0.05) is 6.42 Å². The Morgan fingerprint density at radius 2 is 2.57 bits per heavy atom. The molecule has 1 amide bonds. The molecule has 0 radical (unpaired) electrons. The largest absolute Gasteiger partial charge is 0.381 e. The van der Waals surface area contributed by atoms with Crippen molar-refractivity contribution in [2.24, 2.45) is 5.92 Å². The molecule has 0 bridgehead atoms. The van der Waals surface area contributed by atoms with E-state index in [1.807, 2.05) is 17.2 Å². The first-order valence-electron chi connectivity index (χ1n) is 7.64. The van der Waals surface area contributed by atoms with Crippen LogP contribution in [0.25, 0.3) is 0 Å². The summed E-state index contributed by atoms with van der Waals surface area (Å²) in [6, 6.07) is 0. The first-order chi connectivity index (χ1) is 10.2. The van der Waals surface area contributed by atoms with Gasteiger partial charge in [-0.3, -0.25) is 4.79 Å². The zero-order chi connectivity index (χ0) is 14.7. The van der Waals surface area contributed by atoms with Crippen LogP contribution in [0, 0.1) is 5.92 Å². The summed E-state index contributed by atoms with van der Waals surface area (Å²) in [6.45, 7) is 5.41. The molecule has 116 valence electrons. The van der Waals surface area contributed by atoms with Gasteiger partial charge in [0.15, 0.2) is 0 Å². The maximum absolute atomic E-state index is 12.5. The lowest BCUT2D eigenvalue weighted by Crippen LogP contribution is -2.56. The van der Waals surface area contributed by atoms with Gasteiger partial charge >= 0.3 is 0 Å². The molecule has 1 aliphatic carbocycles. The predicted octanol–water partition coefficient (Wildman–Crippen LogP) is 2.19. The van der Waals surface area contributed by atoms with E-state index in [2.05, 4.69) is 4.98 Å². The second kappa shape index (κ2) is 6.42. The minimum atomic E-state index is -0.209. The Morgan fingerprint density at radius 3 is 3.33 bits per heavy atom. The molecule has 1 saturated carbocycles. The molecule has 2 aliphatic rings. The summed E-state index contributed by atoms with van der Waals surface area (Å²) in [4.78, 5) is 18.5. The number of carbonyl (C=O) groups excluding carboxylic acids is 1. The Labute approximate surface area is 129 Å². The number of carbonyl (C=O) groups is 1. The zero-order valence-corrected chi connectivity index (χ0v) is 13.2. The lowest BCUT2D eigenvalue weighted by molar-refractivity contribution is -0.132. The maximum atomic E-state index is 12.5. The molecule has 0 unspecified atom stereocenters. The smallest absolute Gasteiger partial charge is 0.273 e. The number of rotatable bonds is 4. The van der Waals surface area contributed by atoms with Crippen LogP contribution in [0.1, 0.15) is 36.7 Å². The Bertz CT molecular complexity index is 479. The van der Waals surface area contributed by atoms with Crippen molar-refractivity contribution >= 4 is 17.2 Å². The van der Waals surface area contributed by atoms with Crippen LogP contribution in [0.3, 0.4) is 0 Å². The van der Waals surface area contributed by atoms with Crippen LogP contribution >= 0.6 is 11.3 Å². The van der Waals surface area contributed by atoms with E-state index in [9.17, 15) is 4.79 Å². The fourth-order valence-electron chi connectivity index (χ4n) is 3.47. The van der Waals surface area contributed by atoms with Gasteiger partial charge in [0.25, 0.3) is 5.91 Å². The third-order valence-electron chi connectivity index (χ3n) is 4.57. The van der Waals surface area contributed by atoms with Gasteiger partial charge in [-0.2, -0.15) is 0 Å². The van der Waals surface area contributed by atoms with Gasteiger partial charge in [-0.05, 0) is 19.8 Å². The molecule has 0 aromatic carbocycles. The van der Waals surface area contributed by atoms with E-state index in [1.54, 1.807) is 5.51 Å². The number of thiazole rings is 1. The van der Waals surface area contributed by atoms with Crippen molar-refractivity contribution in [3.8, 4) is 0 Å². The molecular formula is C15H22N2O3S. The van der Waals surface area contributed by atoms with Crippen molar-refractivity contribution in [3.05, 3.63) is 16.6 Å². The van der Waals surface area contributed by atoms with Crippen LogP contribution in [0.5, 0.6) is 0 Å². The van der Waals surface area contributed by atoms with Crippen molar-refractivity contribution in [3.63, 3.8) is 0 Å². The van der Waals surface area contributed by atoms with Crippen molar-refractivity contribution in [2.45, 2.75) is 31.8 Å². The molecule has 3 rings (SSSR count). The highest BCUT2D eigenvalue weighted by atomic mass is 32.1. The van der Waals surface area contributed by atoms with Crippen molar-refractivity contribution in [1.82, 2.24) is 9.88 Å². The van der Waals surface area contributed by atoms with Crippen molar-refractivity contribution in [2.75, 3.05) is 32.9 Å². The second-order valence-electron chi connectivity index (χ2n) is 5.76. The van der Waals surface area contributed by atoms with E-state index in [-0.39, 0.29) is 11.5 Å². The maximum Gasteiger partial charge on any atom is 0.273 e. The highest BCUT2D eigenvalue weighted by Crippen LogP contribution is 2.41. The quantitative estimate of drug-likeness (QED) is 0.855. The number of nitrogens with zero attached hydrogens (tertiary/aromatic N) is 2. The van der Waals surface area contributed by atoms with Gasteiger partial charge in [0, 0.05) is 24.4 Å². The summed E-state index contributed by atoms with van der Waals surface area (Å²) >= 11 is 1.46. The van der Waals surface area contributed by atoms with Crippen LogP contribution in [0.2, 0.25) is 0 Å². The average Bonchev–Trinajstić information content (AvgIpc) is 3.15. The van der Waals surface area contributed by atoms with Crippen LogP contribution in [0.4, 0.5) is 0 Å². The summed E-state index contributed by atoms with van der Waals surface area (Å²) in [5.74, 6) is 0.421. The number of aromatic nitrogens is 1. The van der Waals surface area contributed by atoms with Crippen LogP contribution < -0.4 is 0 Å². The van der Waals surface area contributed by atoms with Gasteiger partial charge in [-0.25, -0.2) is 4.98 Å². The van der Waals surface area contributed by atoms with Gasteiger partial charge in [0.2, 0.25) is 0 Å². The first kappa shape index (κ1) is 14.9. The van der Waals surface area contributed by atoms with Crippen LogP contribution in [-0.2, 0) is 9.47 Å². The van der Waals surface area contributed by atoms with E-state index in [1.165, 1.54) is 11.3 Å². The second-order valence-corrected chi connectivity index (χ2v) is 6.48. The SMILES string of the molecule is CCOC[C@@H]1CCC[C@]12CN(C(=O)c1cscn1)CCO2. The number of hydrogen-bond donors (Lipinski definition) is 0. The molecule has 6 heteroatoms. The van der Waals surface area contributed by atoms with Crippen molar-refractivity contribution < 1.29 is 14.3 Å². The molecule has 2 fully saturated rings. The summed E-state index contributed by atoms with van der Waals surface area (Å²) in [6.07, 6.45) is 3.29. The van der Waals surface area contributed by atoms with E-state index in [0.717, 1.165) is 32.5 Å². The molecule has 1 aromatic heterocycles. The summed E-state index contributed by atoms with van der Waals surface area (Å²) in [7, 11) is 0. The lowest BCUT2D eigenvalue weighted by Gasteiger charge is -2.43. The Balaban J connectivity index is 1.71. The van der Waals surface area contributed by atoms with Crippen molar-refractivity contribution in [1.29, 1.82) is 0 Å². The number of hydrogen-bond acceptors (Lipinski definition) is 5. The van der Waals surface area contributed by atoms with Gasteiger partial charge in [-0.15, -0.1) is 11.3 Å². The molecule has 1 spiro atoms. The number of ether oxygens (including phenoxy) is 2. The third-order valence-corrected chi connectivity index (χ3v) is 5.15. The Hall–Kier alpha value is -0.980. The Morgan fingerprint density at radius 1 is 1.67 bits per heavy atom. The van der Waals surface area contributed by atoms with Crippen LogP contribution in [-0.4, -0.2) is 54.3 Å². The molecular weight excluding hydrogens is 288 g/mol. The summed E-state index contributed by atoms with van der Waals surface area (Å²) in [5, 5.41) is 1.82.